The lowest BCUT2D eigenvalue weighted by molar-refractivity contribution is 0.272. The molecule has 0 aliphatic carbocycles. The number of nitrogens with zero attached hydrogens (tertiary/aromatic N) is 2. The van der Waals surface area contributed by atoms with Gasteiger partial charge in [-0.3, -0.25) is 0 Å². The molecule has 1 atom stereocenters. The van der Waals surface area contributed by atoms with Gasteiger partial charge in [-0.1, -0.05) is 6.42 Å². The van der Waals surface area contributed by atoms with Gasteiger partial charge in [0.05, 0.1) is 12.0 Å². The Morgan fingerprint density at radius 2 is 1.60 bits per heavy atom. The fourth-order valence-corrected chi connectivity index (χ4v) is 5.26. The van der Waals surface area contributed by atoms with Crippen LogP contribution in [-0.2, 0) is 20.0 Å². The van der Waals surface area contributed by atoms with Crippen molar-refractivity contribution in [2.24, 2.45) is 0 Å². The molecule has 2 aliphatic heterocycles. The van der Waals surface area contributed by atoms with E-state index in [4.69, 9.17) is 0 Å². The van der Waals surface area contributed by atoms with E-state index in [9.17, 15) is 16.8 Å². The summed E-state index contributed by atoms with van der Waals surface area (Å²) < 4.78 is 50.2. The van der Waals surface area contributed by atoms with Gasteiger partial charge in [0.1, 0.15) is 0 Å². The Balaban J connectivity index is 1.91. The van der Waals surface area contributed by atoms with E-state index in [1.165, 1.54) is 8.61 Å². The van der Waals surface area contributed by atoms with Gasteiger partial charge in [-0.25, -0.2) is 16.8 Å². The van der Waals surface area contributed by atoms with E-state index in [2.05, 4.69) is 5.32 Å². The number of hydrogen-bond donors (Lipinski definition) is 1. The summed E-state index contributed by atoms with van der Waals surface area (Å²) in [6.07, 6.45) is 4.21. The van der Waals surface area contributed by atoms with Crippen LogP contribution in [-0.4, -0.2) is 76.2 Å². The van der Waals surface area contributed by atoms with Gasteiger partial charge in [0.2, 0.25) is 20.0 Å². The third kappa shape index (κ3) is 4.14. The van der Waals surface area contributed by atoms with Gasteiger partial charge in [-0.15, -0.1) is 0 Å². The van der Waals surface area contributed by atoms with Crippen LogP contribution in [0.5, 0.6) is 0 Å². The lowest BCUT2D eigenvalue weighted by atomic mass is 10.1. The average Bonchev–Trinajstić information content (AvgIpc) is 2.38. The first-order valence-corrected chi connectivity index (χ1v) is 10.4. The van der Waals surface area contributed by atoms with Crippen LogP contribution in [0.15, 0.2) is 0 Å². The Kier molecular flexibility index (Phi) is 5.06. The number of piperidine rings is 1. The highest BCUT2D eigenvalue weighted by molar-refractivity contribution is 7.89. The van der Waals surface area contributed by atoms with Crippen LogP contribution in [0.2, 0.25) is 0 Å². The van der Waals surface area contributed by atoms with Crippen LogP contribution in [0, 0.1) is 0 Å². The molecule has 1 N–H and O–H groups in total. The van der Waals surface area contributed by atoms with Crippen molar-refractivity contribution in [3.63, 3.8) is 0 Å². The summed E-state index contributed by atoms with van der Waals surface area (Å²) in [7, 11) is -6.53. The van der Waals surface area contributed by atoms with Gasteiger partial charge in [-0.05, 0) is 19.4 Å². The summed E-state index contributed by atoms with van der Waals surface area (Å²) >= 11 is 0. The highest BCUT2D eigenvalue weighted by atomic mass is 32.2. The normalized spacial score (nSPS) is 27.6. The zero-order chi connectivity index (χ0) is 14.8. The Bertz CT molecular complexity index is 518. The molecule has 7 nitrogen and oxygen atoms in total. The summed E-state index contributed by atoms with van der Waals surface area (Å²) in [5.74, 6) is 0.117. The van der Waals surface area contributed by atoms with Crippen LogP contribution in [0.4, 0.5) is 0 Å². The SMILES string of the molecule is CS(=O)(=O)N1CCN(S(=O)(=O)CC2CCCCN2)CC1. The lowest BCUT2D eigenvalue weighted by Crippen LogP contribution is -2.52. The Labute approximate surface area is 121 Å². The highest BCUT2D eigenvalue weighted by Crippen LogP contribution is 2.14. The summed E-state index contributed by atoms with van der Waals surface area (Å²) in [4.78, 5) is 0. The number of sulfonamides is 2. The van der Waals surface area contributed by atoms with Crippen molar-refractivity contribution in [1.29, 1.82) is 0 Å². The minimum atomic E-state index is -3.30. The molecule has 0 aromatic heterocycles. The van der Waals surface area contributed by atoms with E-state index in [1.54, 1.807) is 0 Å². The minimum absolute atomic E-state index is 0.0293. The summed E-state index contributed by atoms with van der Waals surface area (Å²) in [5, 5.41) is 3.24. The van der Waals surface area contributed by atoms with Gasteiger partial charge >= 0.3 is 0 Å². The number of nitrogens with one attached hydrogen (secondary N) is 1. The molecule has 118 valence electrons. The van der Waals surface area contributed by atoms with Crippen LogP contribution >= 0.6 is 0 Å². The van der Waals surface area contributed by atoms with Crippen LogP contribution in [0.1, 0.15) is 19.3 Å². The lowest BCUT2D eigenvalue weighted by Gasteiger charge is -2.34. The van der Waals surface area contributed by atoms with Crippen LogP contribution in [0.25, 0.3) is 0 Å². The monoisotopic (exact) mass is 325 g/mol. The predicted octanol–water partition coefficient (Wildman–Crippen LogP) is -0.964. The molecule has 2 saturated heterocycles. The first-order chi connectivity index (χ1) is 9.29. The van der Waals surface area contributed by atoms with E-state index in [0.29, 0.717) is 0 Å². The minimum Gasteiger partial charge on any atom is -0.313 e. The van der Waals surface area contributed by atoms with Gasteiger partial charge in [0, 0.05) is 32.2 Å². The molecule has 0 bridgehead atoms. The van der Waals surface area contributed by atoms with Crippen molar-refractivity contribution >= 4 is 20.0 Å². The largest absolute Gasteiger partial charge is 0.313 e. The second-order valence-corrected chi connectivity index (χ2v) is 9.48. The maximum absolute atomic E-state index is 12.3. The molecule has 0 amide bonds. The van der Waals surface area contributed by atoms with Crippen molar-refractivity contribution in [2.75, 3.05) is 44.7 Å². The quantitative estimate of drug-likeness (QED) is 0.719. The molecule has 2 aliphatic rings. The maximum Gasteiger partial charge on any atom is 0.215 e. The van der Waals surface area contributed by atoms with Gasteiger partial charge < -0.3 is 5.32 Å². The molecule has 2 fully saturated rings. The first-order valence-electron chi connectivity index (χ1n) is 6.95. The molecular weight excluding hydrogens is 302 g/mol. The van der Waals surface area contributed by atoms with Gasteiger partial charge in [-0.2, -0.15) is 8.61 Å². The second-order valence-electron chi connectivity index (χ2n) is 5.49. The van der Waals surface area contributed by atoms with Crippen molar-refractivity contribution in [1.82, 2.24) is 13.9 Å². The average molecular weight is 325 g/mol. The molecule has 1 unspecified atom stereocenters. The molecule has 9 heteroatoms. The molecule has 0 aromatic rings. The second kappa shape index (κ2) is 6.27. The fraction of sp³-hybridized carbons (Fsp3) is 1.00. The smallest absolute Gasteiger partial charge is 0.215 e. The predicted molar refractivity (Wildman–Crippen MR) is 77.4 cm³/mol. The highest BCUT2D eigenvalue weighted by Gasteiger charge is 2.32. The standard InChI is InChI=1S/C11H23N3O4S2/c1-19(15,16)13-6-8-14(9-7-13)20(17,18)10-11-4-2-3-5-12-11/h11-12H,2-10H2,1H3. The molecule has 0 spiro atoms. The third-order valence-electron chi connectivity index (χ3n) is 3.88. The number of hydrogen-bond acceptors (Lipinski definition) is 5. The molecule has 20 heavy (non-hydrogen) atoms. The van der Waals surface area contributed by atoms with Gasteiger partial charge in [0.25, 0.3) is 0 Å². The molecule has 2 rings (SSSR count). The third-order valence-corrected chi connectivity index (χ3v) is 7.16. The Hall–Kier alpha value is -0.220. The summed E-state index contributed by atoms with van der Waals surface area (Å²) in [6, 6.07) is 0.0293. The van der Waals surface area contributed by atoms with E-state index >= 15 is 0 Å². The van der Waals surface area contributed by atoms with Crippen molar-refractivity contribution in [3.05, 3.63) is 0 Å². The van der Waals surface area contributed by atoms with E-state index in [1.807, 2.05) is 0 Å². The van der Waals surface area contributed by atoms with Crippen molar-refractivity contribution in [2.45, 2.75) is 25.3 Å². The van der Waals surface area contributed by atoms with Crippen LogP contribution in [0.3, 0.4) is 0 Å². The molecule has 2 heterocycles. The van der Waals surface area contributed by atoms with Crippen LogP contribution < -0.4 is 5.32 Å². The Morgan fingerprint density at radius 1 is 1.00 bits per heavy atom. The van der Waals surface area contributed by atoms with E-state index in [-0.39, 0.29) is 38.0 Å². The Morgan fingerprint density at radius 3 is 2.10 bits per heavy atom. The van der Waals surface area contributed by atoms with Crippen molar-refractivity contribution in [3.8, 4) is 0 Å². The molecule has 0 saturated carbocycles. The molecule has 0 aromatic carbocycles. The van der Waals surface area contributed by atoms with Gasteiger partial charge in [0.15, 0.2) is 0 Å². The van der Waals surface area contributed by atoms with E-state index < -0.39 is 20.0 Å². The number of piperazine rings is 1. The summed E-state index contributed by atoms with van der Waals surface area (Å²) in [5.41, 5.74) is 0. The zero-order valence-corrected chi connectivity index (χ0v) is 13.4. The first kappa shape index (κ1) is 16.2. The molecular formula is C11H23N3O4S2. The molecule has 0 radical (unpaired) electrons. The maximum atomic E-state index is 12.3. The topological polar surface area (TPSA) is 86.8 Å². The zero-order valence-electron chi connectivity index (χ0n) is 11.8. The fourth-order valence-electron chi connectivity index (χ4n) is 2.71. The summed E-state index contributed by atoms with van der Waals surface area (Å²) in [6.45, 7) is 1.87. The van der Waals surface area contributed by atoms with Crippen molar-refractivity contribution < 1.29 is 16.8 Å². The van der Waals surface area contributed by atoms with E-state index in [0.717, 1.165) is 32.1 Å². The number of rotatable bonds is 4.